The minimum absolute atomic E-state index is 0.0184. The molecule has 0 aliphatic rings. The fourth-order valence-corrected chi connectivity index (χ4v) is 1.23. The molecule has 0 bridgehead atoms. The quantitative estimate of drug-likeness (QED) is 0.821. The molecule has 0 fully saturated rings. The summed E-state index contributed by atoms with van der Waals surface area (Å²) >= 11 is 0. The number of amides is 1. The van der Waals surface area contributed by atoms with Crippen LogP contribution in [0.25, 0.3) is 0 Å². The number of rotatable bonds is 2. The van der Waals surface area contributed by atoms with Crippen LogP contribution in [0.5, 0.6) is 0 Å². The molecule has 0 unspecified atom stereocenters. The molecule has 88 valence electrons. The number of anilines is 1. The summed E-state index contributed by atoms with van der Waals surface area (Å²) < 4.78 is 43.1. The second-order valence-corrected chi connectivity index (χ2v) is 3.19. The lowest BCUT2D eigenvalue weighted by Gasteiger charge is -2.04. The average molecular weight is 241 g/mol. The number of hydrogen-bond acceptors (Lipinski definition) is 2. The molecule has 2 aromatic rings. The van der Waals surface area contributed by atoms with Crippen molar-refractivity contribution in [2.75, 3.05) is 5.32 Å². The highest BCUT2D eigenvalue weighted by atomic mass is 19.2. The van der Waals surface area contributed by atoms with Gasteiger partial charge in [0.2, 0.25) is 0 Å². The van der Waals surface area contributed by atoms with Crippen LogP contribution < -0.4 is 5.32 Å². The third-order valence-electron chi connectivity index (χ3n) is 1.99. The van der Waals surface area contributed by atoms with Crippen molar-refractivity contribution in [3.05, 3.63) is 53.7 Å². The highest BCUT2D eigenvalue weighted by Gasteiger charge is 2.14. The molecule has 1 aromatic heterocycles. The molecule has 1 N–H and O–H groups in total. The van der Waals surface area contributed by atoms with Crippen molar-refractivity contribution in [1.82, 2.24) is 0 Å². The number of hydrogen-bond donors (Lipinski definition) is 1. The van der Waals surface area contributed by atoms with Crippen LogP contribution in [0.4, 0.5) is 18.9 Å². The Bertz CT molecular complexity index is 529. The van der Waals surface area contributed by atoms with Crippen LogP contribution in [0, 0.1) is 17.5 Å². The molecule has 6 heteroatoms. The minimum Gasteiger partial charge on any atom is -0.459 e. The Kier molecular flexibility index (Phi) is 2.86. The van der Waals surface area contributed by atoms with Gasteiger partial charge in [0.1, 0.15) is 0 Å². The van der Waals surface area contributed by atoms with Gasteiger partial charge < -0.3 is 9.73 Å². The van der Waals surface area contributed by atoms with E-state index in [2.05, 4.69) is 5.32 Å². The predicted octanol–water partition coefficient (Wildman–Crippen LogP) is 2.95. The van der Waals surface area contributed by atoms with Gasteiger partial charge in [0, 0.05) is 17.8 Å². The van der Waals surface area contributed by atoms with Gasteiger partial charge in [-0.1, -0.05) is 0 Å². The number of furan rings is 1. The maximum atomic E-state index is 12.8. The van der Waals surface area contributed by atoms with Crippen molar-refractivity contribution in [2.45, 2.75) is 0 Å². The number of carbonyl (C=O) groups excluding carboxylic acids is 1. The number of carbonyl (C=O) groups is 1. The summed E-state index contributed by atoms with van der Waals surface area (Å²) in [4.78, 5) is 11.4. The summed E-state index contributed by atoms with van der Waals surface area (Å²) in [6.07, 6.45) is 1.28. The first-order valence-electron chi connectivity index (χ1n) is 4.57. The van der Waals surface area contributed by atoms with E-state index in [9.17, 15) is 18.0 Å². The SMILES string of the molecule is O=C(Nc1cc(F)c(F)c(F)c1)c1ccco1. The standard InChI is InChI=1S/C11H6F3NO2/c12-7-4-6(5-8(13)10(7)14)15-11(16)9-2-1-3-17-9/h1-5H,(H,15,16). The first-order chi connectivity index (χ1) is 8.08. The lowest BCUT2D eigenvalue weighted by Crippen LogP contribution is -2.11. The molecule has 0 aliphatic carbocycles. The fourth-order valence-electron chi connectivity index (χ4n) is 1.23. The highest BCUT2D eigenvalue weighted by Crippen LogP contribution is 2.18. The second-order valence-electron chi connectivity index (χ2n) is 3.19. The Morgan fingerprint density at radius 2 is 1.82 bits per heavy atom. The Morgan fingerprint density at radius 1 is 1.18 bits per heavy atom. The van der Waals surface area contributed by atoms with Gasteiger partial charge in [0.25, 0.3) is 5.91 Å². The van der Waals surface area contributed by atoms with Crippen LogP contribution >= 0.6 is 0 Å². The summed E-state index contributed by atoms with van der Waals surface area (Å²) in [6, 6.07) is 4.23. The molecule has 0 aliphatic heterocycles. The molecule has 1 amide bonds. The van der Waals surface area contributed by atoms with Crippen LogP contribution in [-0.4, -0.2) is 5.91 Å². The summed E-state index contributed by atoms with van der Waals surface area (Å²) in [5.41, 5.74) is -0.192. The zero-order valence-corrected chi connectivity index (χ0v) is 8.34. The average Bonchev–Trinajstić information content (AvgIpc) is 2.79. The van der Waals surface area contributed by atoms with E-state index >= 15 is 0 Å². The van der Waals surface area contributed by atoms with E-state index in [0.29, 0.717) is 12.1 Å². The van der Waals surface area contributed by atoms with Crippen molar-refractivity contribution in [1.29, 1.82) is 0 Å². The largest absolute Gasteiger partial charge is 0.459 e. The van der Waals surface area contributed by atoms with Crippen molar-refractivity contribution in [2.24, 2.45) is 0 Å². The van der Waals surface area contributed by atoms with Crippen LogP contribution in [0.2, 0.25) is 0 Å². The van der Waals surface area contributed by atoms with E-state index in [-0.39, 0.29) is 11.4 Å². The van der Waals surface area contributed by atoms with Crippen molar-refractivity contribution >= 4 is 11.6 Å². The van der Waals surface area contributed by atoms with E-state index in [4.69, 9.17) is 4.42 Å². The monoisotopic (exact) mass is 241 g/mol. The van der Waals surface area contributed by atoms with Gasteiger partial charge >= 0.3 is 0 Å². The molecule has 0 radical (unpaired) electrons. The Hall–Kier alpha value is -2.24. The molecule has 17 heavy (non-hydrogen) atoms. The van der Waals surface area contributed by atoms with E-state index in [1.165, 1.54) is 18.4 Å². The molecule has 0 spiro atoms. The van der Waals surface area contributed by atoms with Gasteiger partial charge in [-0.3, -0.25) is 4.79 Å². The van der Waals surface area contributed by atoms with E-state index in [1.54, 1.807) is 0 Å². The molecular formula is C11H6F3NO2. The molecule has 1 aromatic carbocycles. The summed E-state index contributed by atoms with van der Waals surface area (Å²) in [7, 11) is 0. The third kappa shape index (κ3) is 2.30. The van der Waals surface area contributed by atoms with Crippen molar-refractivity contribution in [3.63, 3.8) is 0 Å². The number of benzene rings is 1. The minimum atomic E-state index is -1.58. The summed E-state index contributed by atoms with van der Waals surface area (Å²) in [6.45, 7) is 0. The molecule has 2 rings (SSSR count). The van der Waals surface area contributed by atoms with Gasteiger partial charge in [-0.15, -0.1) is 0 Å². The lowest BCUT2D eigenvalue weighted by atomic mass is 10.2. The smallest absolute Gasteiger partial charge is 0.291 e. The zero-order valence-electron chi connectivity index (χ0n) is 8.34. The van der Waals surface area contributed by atoms with E-state index in [1.807, 2.05) is 0 Å². The lowest BCUT2D eigenvalue weighted by molar-refractivity contribution is 0.0996. The predicted molar refractivity (Wildman–Crippen MR) is 53.0 cm³/mol. The normalized spacial score (nSPS) is 10.3. The summed E-state index contributed by atoms with van der Waals surface area (Å²) in [5.74, 6) is -5.03. The number of nitrogens with one attached hydrogen (secondary N) is 1. The van der Waals surface area contributed by atoms with E-state index in [0.717, 1.165) is 0 Å². The molecule has 0 saturated carbocycles. The zero-order chi connectivity index (χ0) is 12.4. The first-order valence-corrected chi connectivity index (χ1v) is 4.57. The van der Waals surface area contributed by atoms with Crippen LogP contribution in [-0.2, 0) is 0 Å². The second kappa shape index (κ2) is 4.32. The fraction of sp³-hybridized carbons (Fsp3) is 0. The van der Waals surface area contributed by atoms with Gasteiger partial charge in [0.15, 0.2) is 23.2 Å². The van der Waals surface area contributed by atoms with Crippen LogP contribution in [0.1, 0.15) is 10.6 Å². The Morgan fingerprint density at radius 3 is 2.35 bits per heavy atom. The summed E-state index contributed by atoms with van der Waals surface area (Å²) in [5, 5.41) is 2.17. The maximum absolute atomic E-state index is 12.8. The number of halogens is 3. The highest BCUT2D eigenvalue weighted by molar-refractivity contribution is 6.02. The molecule has 3 nitrogen and oxygen atoms in total. The first kappa shape index (κ1) is 11.3. The molecule has 0 saturated heterocycles. The Labute approximate surface area is 93.9 Å². The third-order valence-corrected chi connectivity index (χ3v) is 1.99. The molecule has 1 heterocycles. The maximum Gasteiger partial charge on any atom is 0.291 e. The molecular weight excluding hydrogens is 235 g/mol. The van der Waals surface area contributed by atoms with Crippen LogP contribution in [0.15, 0.2) is 34.9 Å². The van der Waals surface area contributed by atoms with Gasteiger partial charge in [-0.05, 0) is 12.1 Å². The van der Waals surface area contributed by atoms with Crippen molar-refractivity contribution < 1.29 is 22.4 Å². The van der Waals surface area contributed by atoms with Gasteiger partial charge in [-0.2, -0.15) is 0 Å². The van der Waals surface area contributed by atoms with Crippen LogP contribution in [0.3, 0.4) is 0 Å². The van der Waals surface area contributed by atoms with Crippen molar-refractivity contribution in [3.8, 4) is 0 Å². The van der Waals surface area contributed by atoms with E-state index < -0.39 is 23.4 Å². The topological polar surface area (TPSA) is 42.2 Å². The van der Waals surface area contributed by atoms with Gasteiger partial charge in [-0.25, -0.2) is 13.2 Å². The molecule has 0 atom stereocenters. The van der Waals surface area contributed by atoms with Gasteiger partial charge in [0.05, 0.1) is 6.26 Å². The Balaban J connectivity index is 2.22.